The van der Waals surface area contributed by atoms with Crippen molar-refractivity contribution in [2.45, 2.75) is 20.8 Å². The Morgan fingerprint density at radius 3 is 2.14 bits per heavy atom. The molecule has 0 unspecified atom stereocenters. The van der Waals surface area contributed by atoms with E-state index in [1.165, 1.54) is 0 Å². The summed E-state index contributed by atoms with van der Waals surface area (Å²) >= 11 is 0. The third-order valence-electron chi connectivity index (χ3n) is 2.24. The van der Waals surface area contributed by atoms with E-state index in [0.29, 0.717) is 22.8 Å². The van der Waals surface area contributed by atoms with Crippen molar-refractivity contribution in [1.82, 2.24) is 0 Å². The summed E-state index contributed by atoms with van der Waals surface area (Å²) in [6.45, 7) is 17.3. The number of aliphatic imine (C=N–C) groups is 3. The fourth-order valence-electron chi connectivity index (χ4n) is 1.24. The average molecular weight is 281 g/mol. The van der Waals surface area contributed by atoms with Crippen LogP contribution < -0.4 is 0 Å². The molecule has 0 heterocycles. The molecule has 0 saturated carbocycles. The molecule has 0 atom stereocenters. The van der Waals surface area contributed by atoms with Gasteiger partial charge in [0.15, 0.2) is 0 Å². The standard InChI is InChI=1S/C18H23N3/c1-7-11-14-19-15(5)18(12-8-2)21-16(6)17(10-4)20-13-9-3/h7-14H,4-6H2,1-3H3/b11-7-,12-8-,13-9-,19-14?,20-17?,21-18?. The van der Waals surface area contributed by atoms with Crippen LogP contribution in [0.4, 0.5) is 0 Å². The Labute approximate surface area is 127 Å². The second kappa shape index (κ2) is 11.3. The molecule has 0 saturated heterocycles. The highest BCUT2D eigenvalue weighted by Crippen LogP contribution is 2.07. The largest absolute Gasteiger partial charge is 0.255 e. The van der Waals surface area contributed by atoms with Gasteiger partial charge in [0.25, 0.3) is 0 Å². The lowest BCUT2D eigenvalue weighted by atomic mass is 10.2. The quantitative estimate of drug-likeness (QED) is 0.571. The molecule has 110 valence electrons. The average Bonchev–Trinajstić information content (AvgIpc) is 2.47. The fraction of sp³-hybridized carbons (Fsp3) is 0.167. The van der Waals surface area contributed by atoms with Crippen molar-refractivity contribution in [3.8, 4) is 0 Å². The molecule has 0 radical (unpaired) electrons. The highest BCUT2D eigenvalue weighted by atomic mass is 14.9. The van der Waals surface area contributed by atoms with E-state index in [4.69, 9.17) is 0 Å². The topological polar surface area (TPSA) is 37.1 Å². The van der Waals surface area contributed by atoms with E-state index in [0.717, 1.165) is 0 Å². The van der Waals surface area contributed by atoms with Crippen LogP contribution in [-0.4, -0.2) is 17.6 Å². The minimum atomic E-state index is 0.513. The van der Waals surface area contributed by atoms with Crippen LogP contribution in [0, 0.1) is 0 Å². The summed E-state index contributed by atoms with van der Waals surface area (Å²) in [6.07, 6.45) is 14.2. The van der Waals surface area contributed by atoms with Gasteiger partial charge in [0.1, 0.15) is 0 Å². The zero-order valence-electron chi connectivity index (χ0n) is 13.1. The molecule has 0 fully saturated rings. The van der Waals surface area contributed by atoms with Gasteiger partial charge in [-0.05, 0) is 39.0 Å². The van der Waals surface area contributed by atoms with Gasteiger partial charge in [-0.25, -0.2) is 4.99 Å². The molecular weight excluding hydrogens is 258 g/mol. The third-order valence-corrected chi connectivity index (χ3v) is 2.24. The van der Waals surface area contributed by atoms with Crippen LogP contribution in [0.3, 0.4) is 0 Å². The summed E-state index contributed by atoms with van der Waals surface area (Å²) in [6, 6.07) is 0. The molecule has 3 heteroatoms. The molecule has 3 nitrogen and oxygen atoms in total. The molecule has 0 aliphatic heterocycles. The molecule has 21 heavy (non-hydrogen) atoms. The predicted octanol–water partition coefficient (Wildman–Crippen LogP) is 4.84. The summed E-state index contributed by atoms with van der Waals surface area (Å²) in [5.41, 5.74) is 2.32. The smallest absolute Gasteiger partial charge is 0.0884 e. The predicted molar refractivity (Wildman–Crippen MR) is 96.3 cm³/mol. The molecule has 0 rings (SSSR count). The van der Waals surface area contributed by atoms with Gasteiger partial charge in [-0.3, -0.25) is 9.98 Å². The number of hydrogen-bond acceptors (Lipinski definition) is 3. The molecule has 0 amide bonds. The number of hydrogen-bond donors (Lipinski definition) is 0. The minimum Gasteiger partial charge on any atom is -0.255 e. The lowest BCUT2D eigenvalue weighted by Crippen LogP contribution is -2.02. The van der Waals surface area contributed by atoms with E-state index in [-0.39, 0.29) is 0 Å². The molecule has 0 bridgehead atoms. The molecule has 0 aliphatic carbocycles. The van der Waals surface area contributed by atoms with Crippen molar-refractivity contribution in [3.63, 3.8) is 0 Å². The molecule has 0 aromatic rings. The maximum absolute atomic E-state index is 4.43. The van der Waals surface area contributed by atoms with Crippen molar-refractivity contribution in [2.75, 3.05) is 0 Å². The van der Waals surface area contributed by atoms with Crippen molar-refractivity contribution in [3.05, 3.63) is 73.8 Å². The normalized spacial score (nSPS) is 13.9. The number of rotatable bonds is 8. The van der Waals surface area contributed by atoms with Crippen LogP contribution in [0.2, 0.25) is 0 Å². The maximum atomic E-state index is 4.43. The van der Waals surface area contributed by atoms with Crippen LogP contribution >= 0.6 is 0 Å². The SMILES string of the molecule is C=CC(=N/C=C\C)C(=C)N=C(/C=C\C)C(=C)N=C/C=C\C. The second-order valence-electron chi connectivity index (χ2n) is 3.90. The second-order valence-corrected chi connectivity index (χ2v) is 3.90. The fourth-order valence-corrected chi connectivity index (χ4v) is 1.24. The first-order valence-electron chi connectivity index (χ1n) is 6.67. The first-order chi connectivity index (χ1) is 10.1. The Kier molecular flexibility index (Phi) is 9.92. The Bertz CT molecular complexity index is 553. The van der Waals surface area contributed by atoms with Gasteiger partial charge < -0.3 is 0 Å². The number of nitrogens with zero attached hydrogens (tertiary/aromatic N) is 3. The monoisotopic (exact) mass is 281 g/mol. The Morgan fingerprint density at radius 1 is 0.905 bits per heavy atom. The number of allylic oxidation sites excluding steroid dienone is 6. The van der Waals surface area contributed by atoms with Crippen LogP contribution in [0.25, 0.3) is 0 Å². The van der Waals surface area contributed by atoms with E-state index < -0.39 is 0 Å². The van der Waals surface area contributed by atoms with Crippen molar-refractivity contribution in [1.29, 1.82) is 0 Å². The Hall–Kier alpha value is -2.55. The van der Waals surface area contributed by atoms with Gasteiger partial charge in [-0.15, -0.1) is 0 Å². The van der Waals surface area contributed by atoms with Gasteiger partial charge in [-0.1, -0.05) is 38.0 Å². The summed E-state index contributed by atoms with van der Waals surface area (Å²) < 4.78 is 0. The summed E-state index contributed by atoms with van der Waals surface area (Å²) in [5.74, 6) is 0. The van der Waals surface area contributed by atoms with Crippen LogP contribution in [0.15, 0.2) is 88.8 Å². The Morgan fingerprint density at radius 2 is 1.62 bits per heavy atom. The van der Waals surface area contributed by atoms with Gasteiger partial charge in [0.2, 0.25) is 0 Å². The highest BCUT2D eigenvalue weighted by molar-refractivity contribution is 6.14. The van der Waals surface area contributed by atoms with E-state index in [1.54, 1.807) is 18.5 Å². The van der Waals surface area contributed by atoms with Crippen LogP contribution in [0.5, 0.6) is 0 Å². The lowest BCUT2D eigenvalue weighted by molar-refractivity contribution is 1.40. The van der Waals surface area contributed by atoms with E-state index in [1.807, 2.05) is 51.2 Å². The van der Waals surface area contributed by atoms with Gasteiger partial charge in [0, 0.05) is 12.4 Å². The lowest BCUT2D eigenvalue weighted by Gasteiger charge is -2.03. The van der Waals surface area contributed by atoms with Crippen molar-refractivity contribution < 1.29 is 0 Å². The Balaban J connectivity index is 5.41. The van der Waals surface area contributed by atoms with Crippen LogP contribution in [0.1, 0.15) is 20.8 Å². The van der Waals surface area contributed by atoms with E-state index >= 15 is 0 Å². The highest BCUT2D eigenvalue weighted by Gasteiger charge is 2.03. The zero-order chi connectivity index (χ0) is 16.1. The molecule has 0 aromatic heterocycles. The molecule has 0 aromatic carbocycles. The summed E-state index contributed by atoms with van der Waals surface area (Å²) in [4.78, 5) is 12.9. The van der Waals surface area contributed by atoms with Gasteiger partial charge >= 0.3 is 0 Å². The van der Waals surface area contributed by atoms with Gasteiger partial charge in [0.05, 0.1) is 22.8 Å². The molecule has 0 spiro atoms. The van der Waals surface area contributed by atoms with Crippen LogP contribution in [-0.2, 0) is 0 Å². The first kappa shape index (κ1) is 18.4. The molecule has 0 N–H and O–H groups in total. The minimum absolute atomic E-state index is 0.513. The third kappa shape index (κ3) is 7.57. The molecule has 0 aliphatic rings. The van der Waals surface area contributed by atoms with Gasteiger partial charge in [-0.2, -0.15) is 0 Å². The summed E-state index contributed by atoms with van der Waals surface area (Å²) in [7, 11) is 0. The van der Waals surface area contributed by atoms with Crippen molar-refractivity contribution in [2.24, 2.45) is 15.0 Å². The van der Waals surface area contributed by atoms with E-state index in [2.05, 4.69) is 34.7 Å². The maximum Gasteiger partial charge on any atom is 0.0884 e. The molecular formula is C18H23N3. The van der Waals surface area contributed by atoms with E-state index in [9.17, 15) is 0 Å². The first-order valence-corrected chi connectivity index (χ1v) is 6.67. The zero-order valence-corrected chi connectivity index (χ0v) is 13.1. The van der Waals surface area contributed by atoms with Crippen molar-refractivity contribution >= 4 is 17.6 Å². The summed E-state index contributed by atoms with van der Waals surface area (Å²) in [5, 5.41) is 0.